The van der Waals surface area contributed by atoms with Gasteiger partial charge in [0.25, 0.3) is 0 Å². The Bertz CT molecular complexity index is 439. The SMILES string of the molecule is CN(Cc1ccccc1CNC1CC1)CC1CCOCC1. The summed E-state index contributed by atoms with van der Waals surface area (Å²) in [7, 11) is 2.25. The lowest BCUT2D eigenvalue weighted by molar-refractivity contribution is 0.0549. The van der Waals surface area contributed by atoms with E-state index in [4.69, 9.17) is 4.74 Å². The molecule has 1 aromatic rings. The summed E-state index contributed by atoms with van der Waals surface area (Å²) in [6.45, 7) is 5.15. The summed E-state index contributed by atoms with van der Waals surface area (Å²) in [5, 5.41) is 3.63. The quantitative estimate of drug-likeness (QED) is 0.835. The van der Waals surface area contributed by atoms with Gasteiger partial charge >= 0.3 is 0 Å². The van der Waals surface area contributed by atoms with Crippen LogP contribution in [-0.2, 0) is 17.8 Å². The second kappa shape index (κ2) is 7.39. The molecule has 21 heavy (non-hydrogen) atoms. The second-order valence-electron chi connectivity index (χ2n) is 6.68. The number of hydrogen-bond acceptors (Lipinski definition) is 3. The van der Waals surface area contributed by atoms with Crippen molar-refractivity contribution >= 4 is 0 Å². The smallest absolute Gasteiger partial charge is 0.0469 e. The number of ether oxygens (including phenoxy) is 1. The third-order valence-corrected chi connectivity index (χ3v) is 4.63. The van der Waals surface area contributed by atoms with E-state index in [2.05, 4.69) is 41.5 Å². The molecule has 1 aliphatic carbocycles. The van der Waals surface area contributed by atoms with Gasteiger partial charge in [0.2, 0.25) is 0 Å². The van der Waals surface area contributed by atoms with Crippen molar-refractivity contribution in [2.45, 2.75) is 44.8 Å². The lowest BCUT2D eigenvalue weighted by Crippen LogP contribution is -2.29. The van der Waals surface area contributed by atoms with Gasteiger partial charge in [-0.25, -0.2) is 0 Å². The van der Waals surface area contributed by atoms with Crippen LogP contribution in [0.2, 0.25) is 0 Å². The van der Waals surface area contributed by atoms with Crippen molar-refractivity contribution in [1.29, 1.82) is 0 Å². The average Bonchev–Trinajstić information content (AvgIpc) is 3.31. The van der Waals surface area contributed by atoms with E-state index in [0.717, 1.165) is 38.3 Å². The molecule has 0 spiro atoms. The fraction of sp³-hybridized carbons (Fsp3) is 0.667. The number of benzene rings is 1. The van der Waals surface area contributed by atoms with Gasteiger partial charge in [0, 0.05) is 38.9 Å². The molecule has 0 aromatic heterocycles. The van der Waals surface area contributed by atoms with Crippen molar-refractivity contribution in [2.75, 3.05) is 26.8 Å². The molecular formula is C18H28N2O. The Balaban J connectivity index is 1.52. The third kappa shape index (κ3) is 4.80. The number of rotatable bonds is 7. The highest BCUT2D eigenvalue weighted by atomic mass is 16.5. The molecule has 3 nitrogen and oxygen atoms in total. The van der Waals surface area contributed by atoms with Gasteiger partial charge in [-0.2, -0.15) is 0 Å². The van der Waals surface area contributed by atoms with Crippen molar-refractivity contribution in [1.82, 2.24) is 10.2 Å². The fourth-order valence-corrected chi connectivity index (χ4v) is 3.15. The summed E-state index contributed by atoms with van der Waals surface area (Å²) in [4.78, 5) is 2.48. The van der Waals surface area contributed by atoms with Crippen LogP contribution in [0.25, 0.3) is 0 Å². The maximum Gasteiger partial charge on any atom is 0.0469 e. The Labute approximate surface area is 128 Å². The molecule has 116 valence electrons. The maximum atomic E-state index is 5.45. The average molecular weight is 288 g/mol. The largest absolute Gasteiger partial charge is 0.381 e. The zero-order valence-electron chi connectivity index (χ0n) is 13.2. The Morgan fingerprint density at radius 3 is 2.52 bits per heavy atom. The van der Waals surface area contributed by atoms with Gasteiger partial charge in [-0.1, -0.05) is 24.3 Å². The van der Waals surface area contributed by atoms with E-state index < -0.39 is 0 Å². The van der Waals surface area contributed by atoms with Gasteiger partial charge in [-0.3, -0.25) is 0 Å². The highest BCUT2D eigenvalue weighted by Gasteiger charge is 2.20. The predicted octanol–water partition coefficient (Wildman–Crippen LogP) is 2.80. The van der Waals surface area contributed by atoms with Gasteiger partial charge in [0.05, 0.1) is 0 Å². The minimum absolute atomic E-state index is 0.776. The lowest BCUT2D eigenvalue weighted by atomic mass is 9.99. The van der Waals surface area contributed by atoms with Crippen LogP contribution in [0.1, 0.15) is 36.8 Å². The summed E-state index contributed by atoms with van der Waals surface area (Å²) in [6, 6.07) is 9.65. The summed E-state index contributed by atoms with van der Waals surface area (Å²) >= 11 is 0. The van der Waals surface area contributed by atoms with E-state index >= 15 is 0 Å². The molecule has 0 amide bonds. The molecule has 1 N–H and O–H groups in total. The van der Waals surface area contributed by atoms with Crippen LogP contribution >= 0.6 is 0 Å². The molecular weight excluding hydrogens is 260 g/mol. The first-order valence-electron chi connectivity index (χ1n) is 8.37. The van der Waals surface area contributed by atoms with Crippen molar-refractivity contribution in [3.8, 4) is 0 Å². The molecule has 0 unspecified atom stereocenters. The maximum absolute atomic E-state index is 5.45. The molecule has 3 heteroatoms. The van der Waals surface area contributed by atoms with Crippen molar-refractivity contribution in [3.63, 3.8) is 0 Å². The molecule has 0 radical (unpaired) electrons. The molecule has 3 rings (SSSR count). The Hall–Kier alpha value is -0.900. The zero-order valence-corrected chi connectivity index (χ0v) is 13.2. The van der Waals surface area contributed by atoms with E-state index in [1.807, 2.05) is 0 Å². The topological polar surface area (TPSA) is 24.5 Å². The van der Waals surface area contributed by atoms with E-state index in [1.165, 1.54) is 43.4 Å². The molecule has 2 aliphatic rings. The standard InChI is InChI=1S/C18H28N2O/c1-20(13-15-8-10-21-11-9-15)14-17-5-3-2-4-16(17)12-19-18-6-7-18/h2-5,15,18-19H,6-14H2,1H3. The first-order valence-corrected chi connectivity index (χ1v) is 8.37. The van der Waals surface area contributed by atoms with Crippen LogP contribution in [-0.4, -0.2) is 37.7 Å². The normalized spacial score (nSPS) is 20.1. The minimum Gasteiger partial charge on any atom is -0.381 e. The molecule has 1 heterocycles. The summed E-state index contributed by atoms with van der Waals surface area (Å²) in [6.07, 6.45) is 5.14. The molecule has 0 bridgehead atoms. The van der Waals surface area contributed by atoms with E-state index in [1.54, 1.807) is 0 Å². The monoisotopic (exact) mass is 288 g/mol. The third-order valence-electron chi connectivity index (χ3n) is 4.63. The number of nitrogens with zero attached hydrogens (tertiary/aromatic N) is 1. The van der Waals surface area contributed by atoms with Crippen LogP contribution < -0.4 is 5.32 Å². The minimum atomic E-state index is 0.776. The van der Waals surface area contributed by atoms with E-state index in [9.17, 15) is 0 Å². The number of nitrogens with one attached hydrogen (secondary N) is 1. The molecule has 1 aromatic carbocycles. The van der Waals surface area contributed by atoms with Gasteiger partial charge < -0.3 is 15.0 Å². The Morgan fingerprint density at radius 2 is 1.81 bits per heavy atom. The van der Waals surface area contributed by atoms with Crippen molar-refractivity contribution < 1.29 is 4.74 Å². The van der Waals surface area contributed by atoms with Crippen molar-refractivity contribution in [3.05, 3.63) is 35.4 Å². The van der Waals surface area contributed by atoms with Crippen LogP contribution in [0.5, 0.6) is 0 Å². The van der Waals surface area contributed by atoms with Crippen LogP contribution in [0.4, 0.5) is 0 Å². The van der Waals surface area contributed by atoms with Crippen molar-refractivity contribution in [2.24, 2.45) is 5.92 Å². The first-order chi connectivity index (χ1) is 10.3. The summed E-state index contributed by atoms with van der Waals surface area (Å²) in [5.74, 6) is 0.806. The Morgan fingerprint density at radius 1 is 1.10 bits per heavy atom. The highest BCUT2D eigenvalue weighted by molar-refractivity contribution is 5.27. The van der Waals surface area contributed by atoms with Gasteiger partial charge in [0.1, 0.15) is 0 Å². The second-order valence-corrected chi connectivity index (χ2v) is 6.68. The lowest BCUT2D eigenvalue weighted by Gasteiger charge is -2.27. The molecule has 1 aliphatic heterocycles. The molecule has 2 fully saturated rings. The first kappa shape index (κ1) is 15.0. The Kier molecular flexibility index (Phi) is 5.28. The summed E-state index contributed by atoms with van der Waals surface area (Å²) in [5.41, 5.74) is 2.93. The van der Waals surface area contributed by atoms with Gasteiger partial charge in [-0.05, 0) is 49.8 Å². The van der Waals surface area contributed by atoms with Gasteiger partial charge in [-0.15, -0.1) is 0 Å². The van der Waals surface area contributed by atoms with E-state index in [0.29, 0.717) is 0 Å². The van der Waals surface area contributed by atoms with Gasteiger partial charge in [0.15, 0.2) is 0 Å². The van der Waals surface area contributed by atoms with Crippen LogP contribution in [0, 0.1) is 5.92 Å². The summed E-state index contributed by atoms with van der Waals surface area (Å²) < 4.78 is 5.45. The molecule has 1 saturated carbocycles. The van der Waals surface area contributed by atoms with E-state index in [-0.39, 0.29) is 0 Å². The highest BCUT2D eigenvalue weighted by Crippen LogP contribution is 2.21. The zero-order chi connectivity index (χ0) is 14.5. The molecule has 0 atom stereocenters. The van der Waals surface area contributed by atoms with Crippen LogP contribution in [0.3, 0.4) is 0 Å². The van der Waals surface area contributed by atoms with Crippen LogP contribution in [0.15, 0.2) is 24.3 Å². The molecule has 1 saturated heterocycles. The fourth-order valence-electron chi connectivity index (χ4n) is 3.15. The predicted molar refractivity (Wildman–Crippen MR) is 86.2 cm³/mol. The number of hydrogen-bond donors (Lipinski definition) is 1.